The summed E-state index contributed by atoms with van der Waals surface area (Å²) < 4.78 is 2.33. The number of aromatic nitrogens is 1. The summed E-state index contributed by atoms with van der Waals surface area (Å²) in [5.74, 6) is 0. The van der Waals surface area contributed by atoms with Crippen molar-refractivity contribution in [3.63, 3.8) is 0 Å². The summed E-state index contributed by atoms with van der Waals surface area (Å²) >= 11 is 0. The molecule has 10 rings (SSSR count). The van der Waals surface area contributed by atoms with E-state index in [1.165, 1.54) is 22.3 Å². The second-order valence-electron chi connectivity index (χ2n) is 14.3. The molecular weight excluding hydrogens is 619 g/mol. The normalized spacial score (nSPS) is 14.4. The van der Waals surface area contributed by atoms with Crippen molar-refractivity contribution < 1.29 is 0 Å². The van der Waals surface area contributed by atoms with E-state index in [0.29, 0.717) is 11.1 Å². The first-order chi connectivity index (χ1) is 25.0. The lowest BCUT2D eigenvalue weighted by molar-refractivity contribution is 0.661. The van der Waals surface area contributed by atoms with E-state index in [-0.39, 0.29) is 5.41 Å². The standard InChI is InChI=1S/C48H31N3/c1-47(2)39-22-12-9-19-34(39)37-26-38-35-20-11-14-24-42(35)51(43(38)27-41(37)47)46-31(29-50)25-30(28-49)44-36-21-10-13-23-40(36)48(45(44)46,32-15-5-3-6-16-32)33-17-7-4-8-18-33/h3-27H,1-2H3. The second-order valence-corrected chi connectivity index (χ2v) is 14.3. The van der Waals surface area contributed by atoms with E-state index in [0.717, 1.165) is 60.9 Å². The summed E-state index contributed by atoms with van der Waals surface area (Å²) in [7, 11) is 0. The van der Waals surface area contributed by atoms with Gasteiger partial charge >= 0.3 is 0 Å². The number of hydrogen-bond acceptors (Lipinski definition) is 2. The maximum atomic E-state index is 11.1. The van der Waals surface area contributed by atoms with Gasteiger partial charge in [0.05, 0.1) is 39.3 Å². The summed E-state index contributed by atoms with van der Waals surface area (Å²) in [4.78, 5) is 0. The SMILES string of the molecule is CC1(C)c2ccccc2-c2cc3c4ccccc4n(-c4c(C#N)cc(C#N)c5c4C(c4ccccc4)(c4ccccc4)c4ccccc4-5)c3cc21. The minimum Gasteiger partial charge on any atom is -0.308 e. The van der Waals surface area contributed by atoms with E-state index in [1.807, 2.05) is 18.2 Å². The van der Waals surface area contributed by atoms with Crippen molar-refractivity contribution in [1.82, 2.24) is 4.57 Å². The molecule has 1 aromatic heterocycles. The lowest BCUT2D eigenvalue weighted by Gasteiger charge is -2.35. The van der Waals surface area contributed by atoms with Crippen molar-refractivity contribution in [1.29, 1.82) is 10.5 Å². The van der Waals surface area contributed by atoms with Crippen LogP contribution in [0.3, 0.4) is 0 Å². The number of hydrogen-bond donors (Lipinski definition) is 0. The first-order valence-electron chi connectivity index (χ1n) is 17.4. The molecule has 2 aliphatic carbocycles. The van der Waals surface area contributed by atoms with Crippen LogP contribution in [0, 0.1) is 22.7 Å². The van der Waals surface area contributed by atoms with Gasteiger partial charge in [-0.2, -0.15) is 10.5 Å². The molecule has 2 aliphatic rings. The van der Waals surface area contributed by atoms with Crippen molar-refractivity contribution >= 4 is 21.8 Å². The summed E-state index contributed by atoms with van der Waals surface area (Å²) in [5.41, 5.74) is 14.1. The number of rotatable bonds is 3. The quantitative estimate of drug-likeness (QED) is 0.191. The minimum atomic E-state index is -0.813. The fourth-order valence-electron chi connectivity index (χ4n) is 9.43. The molecule has 238 valence electrons. The van der Waals surface area contributed by atoms with Gasteiger partial charge in [-0.1, -0.05) is 141 Å². The van der Waals surface area contributed by atoms with Crippen LogP contribution in [0.4, 0.5) is 0 Å². The maximum Gasteiger partial charge on any atom is 0.101 e. The average Bonchev–Trinajstić information content (AvgIpc) is 3.76. The van der Waals surface area contributed by atoms with Crippen LogP contribution in [0.25, 0.3) is 49.7 Å². The van der Waals surface area contributed by atoms with Crippen LogP contribution >= 0.6 is 0 Å². The first kappa shape index (κ1) is 29.3. The molecule has 1 heterocycles. The topological polar surface area (TPSA) is 52.5 Å². The van der Waals surface area contributed by atoms with Crippen LogP contribution in [-0.2, 0) is 10.8 Å². The van der Waals surface area contributed by atoms with Gasteiger partial charge in [0.25, 0.3) is 0 Å². The molecule has 3 heteroatoms. The average molecular weight is 650 g/mol. The molecular formula is C48H31N3. The van der Waals surface area contributed by atoms with E-state index in [4.69, 9.17) is 0 Å². The third-order valence-corrected chi connectivity index (χ3v) is 11.5. The Hall–Kier alpha value is -6.68. The number of nitriles is 2. The van der Waals surface area contributed by atoms with Crippen LogP contribution in [0.15, 0.2) is 152 Å². The first-order valence-corrected chi connectivity index (χ1v) is 17.4. The zero-order valence-electron chi connectivity index (χ0n) is 28.3. The van der Waals surface area contributed by atoms with Crippen molar-refractivity contribution in [3.8, 4) is 40.1 Å². The molecule has 51 heavy (non-hydrogen) atoms. The third-order valence-electron chi connectivity index (χ3n) is 11.5. The van der Waals surface area contributed by atoms with Crippen molar-refractivity contribution in [2.45, 2.75) is 24.7 Å². The largest absolute Gasteiger partial charge is 0.308 e. The highest BCUT2D eigenvalue weighted by Crippen LogP contribution is 2.60. The van der Waals surface area contributed by atoms with Crippen molar-refractivity contribution in [2.75, 3.05) is 0 Å². The van der Waals surface area contributed by atoms with E-state index in [9.17, 15) is 10.5 Å². The van der Waals surface area contributed by atoms with Gasteiger partial charge in [-0.3, -0.25) is 0 Å². The van der Waals surface area contributed by atoms with Crippen LogP contribution in [0.1, 0.15) is 58.4 Å². The lowest BCUT2D eigenvalue weighted by Crippen LogP contribution is -2.30. The molecule has 0 bridgehead atoms. The van der Waals surface area contributed by atoms with Crippen molar-refractivity contribution in [3.05, 3.63) is 196 Å². The van der Waals surface area contributed by atoms with Gasteiger partial charge in [-0.25, -0.2) is 0 Å². The highest BCUT2D eigenvalue weighted by Gasteiger charge is 2.50. The molecule has 3 nitrogen and oxygen atoms in total. The van der Waals surface area contributed by atoms with E-state index in [2.05, 4.69) is 164 Å². The van der Waals surface area contributed by atoms with E-state index in [1.54, 1.807) is 0 Å². The number of fused-ring (bicyclic) bond motifs is 9. The third kappa shape index (κ3) is 3.65. The van der Waals surface area contributed by atoms with Gasteiger partial charge in [0.1, 0.15) is 6.07 Å². The molecule has 8 aromatic rings. The van der Waals surface area contributed by atoms with E-state index < -0.39 is 5.41 Å². The van der Waals surface area contributed by atoms with Gasteiger partial charge < -0.3 is 4.57 Å². The molecule has 0 aliphatic heterocycles. The Labute approximate surface area is 296 Å². The molecule has 0 N–H and O–H groups in total. The molecule has 0 spiro atoms. The Morgan fingerprint density at radius 1 is 0.490 bits per heavy atom. The highest BCUT2D eigenvalue weighted by molar-refractivity contribution is 6.12. The molecule has 0 saturated carbocycles. The van der Waals surface area contributed by atoms with Crippen LogP contribution in [-0.4, -0.2) is 4.57 Å². The molecule has 0 atom stereocenters. The van der Waals surface area contributed by atoms with Crippen LogP contribution in [0.5, 0.6) is 0 Å². The Balaban J connectivity index is 1.45. The zero-order chi connectivity index (χ0) is 34.5. The summed E-state index contributed by atoms with van der Waals surface area (Å²) in [6.45, 7) is 4.62. The van der Waals surface area contributed by atoms with Crippen molar-refractivity contribution in [2.24, 2.45) is 0 Å². The second kappa shape index (κ2) is 10.4. The Bertz CT molecular complexity index is 2800. The molecule has 0 unspecified atom stereocenters. The van der Waals surface area contributed by atoms with Gasteiger partial charge in [0.2, 0.25) is 0 Å². The van der Waals surface area contributed by atoms with Gasteiger partial charge in [0.15, 0.2) is 0 Å². The molecule has 0 amide bonds. The predicted octanol–water partition coefficient (Wildman–Crippen LogP) is 11.2. The minimum absolute atomic E-state index is 0.208. The summed E-state index contributed by atoms with van der Waals surface area (Å²) in [5, 5.41) is 24.2. The van der Waals surface area contributed by atoms with Gasteiger partial charge in [0, 0.05) is 27.3 Å². The van der Waals surface area contributed by atoms with Crippen LogP contribution in [0.2, 0.25) is 0 Å². The zero-order valence-corrected chi connectivity index (χ0v) is 28.3. The molecule has 0 radical (unpaired) electrons. The fourth-order valence-corrected chi connectivity index (χ4v) is 9.43. The smallest absolute Gasteiger partial charge is 0.101 e. The Morgan fingerprint density at radius 2 is 1.08 bits per heavy atom. The van der Waals surface area contributed by atoms with Gasteiger partial charge in [-0.15, -0.1) is 0 Å². The predicted molar refractivity (Wildman–Crippen MR) is 205 cm³/mol. The molecule has 0 fully saturated rings. The Morgan fingerprint density at radius 3 is 1.76 bits per heavy atom. The summed E-state index contributed by atoms with van der Waals surface area (Å²) in [6.07, 6.45) is 0. The fraction of sp³-hybridized carbons (Fsp3) is 0.0833. The monoisotopic (exact) mass is 649 g/mol. The van der Waals surface area contributed by atoms with Gasteiger partial charge in [-0.05, 0) is 68.8 Å². The van der Waals surface area contributed by atoms with Crippen LogP contribution < -0.4 is 0 Å². The maximum absolute atomic E-state index is 11.1. The summed E-state index contributed by atoms with van der Waals surface area (Å²) in [6, 6.07) is 58.6. The number of para-hydroxylation sites is 1. The molecule has 0 saturated heterocycles. The van der Waals surface area contributed by atoms with E-state index >= 15 is 0 Å². The lowest BCUT2D eigenvalue weighted by atomic mass is 9.66. The number of nitrogens with zero attached hydrogens (tertiary/aromatic N) is 3. The Kier molecular flexibility index (Phi) is 5.97. The number of benzene rings is 7. The highest BCUT2D eigenvalue weighted by atomic mass is 15.0. The molecule has 7 aromatic carbocycles.